The highest BCUT2D eigenvalue weighted by molar-refractivity contribution is 14.1. The number of halogens is 3. The Hall–Kier alpha value is -1.36. The first-order valence-corrected chi connectivity index (χ1v) is 12.2. The number of carbonyl (C=O) groups is 3. The minimum absolute atomic E-state index is 0.163. The first kappa shape index (κ1) is 23.3. The van der Waals surface area contributed by atoms with Crippen LogP contribution in [-0.4, -0.2) is 35.0 Å². The van der Waals surface area contributed by atoms with E-state index in [-0.39, 0.29) is 23.8 Å². The van der Waals surface area contributed by atoms with Crippen molar-refractivity contribution in [3.63, 3.8) is 0 Å². The second-order valence-corrected chi connectivity index (χ2v) is 10.2. The van der Waals surface area contributed by atoms with Gasteiger partial charge in [0, 0.05) is 10.0 Å². The third-order valence-electron chi connectivity index (χ3n) is 3.96. The normalized spacial score (nSPS) is 14.9. The summed E-state index contributed by atoms with van der Waals surface area (Å²) < 4.78 is 8.06. The molecule has 2 aromatic carbocycles. The van der Waals surface area contributed by atoms with Gasteiger partial charge in [-0.05, 0) is 92.8 Å². The standard InChI is InChI=1S/C21H12BrI2NO4S/c1-2-7-29-19-15(23)8-12(9-16(19)24)10-18-20(27)25(21(28)30-18)11-17(26)13-3-5-14(22)6-4-13/h1,3-6,8-10H,7,11H2/b18-10-. The van der Waals surface area contributed by atoms with E-state index in [0.717, 1.165) is 33.8 Å². The molecule has 1 saturated heterocycles. The number of ketones is 1. The van der Waals surface area contributed by atoms with Gasteiger partial charge in [0.25, 0.3) is 11.1 Å². The molecule has 5 nitrogen and oxygen atoms in total. The van der Waals surface area contributed by atoms with Crippen LogP contribution in [0.2, 0.25) is 0 Å². The first-order valence-electron chi connectivity index (χ1n) is 8.39. The van der Waals surface area contributed by atoms with Crippen LogP contribution in [0.5, 0.6) is 5.75 Å². The van der Waals surface area contributed by atoms with Crippen LogP contribution in [0.25, 0.3) is 6.08 Å². The number of terminal acetylenes is 1. The molecule has 0 spiro atoms. The summed E-state index contributed by atoms with van der Waals surface area (Å²) >= 11 is 8.39. The average Bonchev–Trinajstić information content (AvgIpc) is 2.95. The average molecular weight is 708 g/mol. The summed E-state index contributed by atoms with van der Waals surface area (Å²) in [6.45, 7) is -0.131. The molecular formula is C21H12BrI2NO4S. The van der Waals surface area contributed by atoms with Crippen LogP contribution < -0.4 is 4.74 Å². The van der Waals surface area contributed by atoms with E-state index in [1.165, 1.54) is 0 Å². The van der Waals surface area contributed by atoms with Crippen molar-refractivity contribution in [2.24, 2.45) is 0 Å². The fourth-order valence-electron chi connectivity index (χ4n) is 2.57. The van der Waals surface area contributed by atoms with E-state index in [1.54, 1.807) is 30.3 Å². The maximum Gasteiger partial charge on any atom is 0.293 e. The molecule has 3 rings (SSSR count). The number of Topliss-reactive ketones (excluding diaryl/α,β-unsaturated/α-hetero) is 1. The molecule has 0 unspecified atom stereocenters. The summed E-state index contributed by atoms with van der Waals surface area (Å²) in [5.74, 6) is 2.33. The second kappa shape index (κ2) is 10.3. The maximum atomic E-state index is 12.7. The van der Waals surface area contributed by atoms with Crippen molar-refractivity contribution in [2.45, 2.75) is 0 Å². The van der Waals surface area contributed by atoms with Crippen LogP contribution in [-0.2, 0) is 4.79 Å². The molecule has 0 atom stereocenters. The van der Waals surface area contributed by atoms with Crippen LogP contribution in [0.3, 0.4) is 0 Å². The highest BCUT2D eigenvalue weighted by Gasteiger charge is 2.36. The zero-order valence-electron chi connectivity index (χ0n) is 15.2. The molecule has 2 amide bonds. The van der Waals surface area contributed by atoms with Gasteiger partial charge in [0.05, 0.1) is 18.6 Å². The van der Waals surface area contributed by atoms with Crippen LogP contribution >= 0.6 is 72.9 Å². The lowest BCUT2D eigenvalue weighted by atomic mass is 10.1. The molecule has 0 N–H and O–H groups in total. The van der Waals surface area contributed by atoms with Gasteiger partial charge in [0.15, 0.2) is 5.78 Å². The predicted molar refractivity (Wildman–Crippen MR) is 137 cm³/mol. The summed E-state index contributed by atoms with van der Waals surface area (Å²) in [7, 11) is 0. The molecule has 0 bridgehead atoms. The van der Waals surface area contributed by atoms with E-state index in [4.69, 9.17) is 11.2 Å². The van der Waals surface area contributed by atoms with Crippen molar-refractivity contribution < 1.29 is 19.1 Å². The van der Waals surface area contributed by atoms with Gasteiger partial charge in [-0.2, -0.15) is 0 Å². The lowest BCUT2D eigenvalue weighted by Gasteiger charge is -2.11. The highest BCUT2D eigenvalue weighted by atomic mass is 127. The van der Waals surface area contributed by atoms with Gasteiger partial charge in [-0.1, -0.05) is 34.0 Å². The number of benzene rings is 2. The topological polar surface area (TPSA) is 63.7 Å². The molecule has 1 heterocycles. The number of rotatable bonds is 6. The molecule has 30 heavy (non-hydrogen) atoms. The summed E-state index contributed by atoms with van der Waals surface area (Å²) in [5.41, 5.74) is 1.19. The van der Waals surface area contributed by atoms with Crippen molar-refractivity contribution in [1.29, 1.82) is 0 Å². The van der Waals surface area contributed by atoms with Gasteiger partial charge >= 0.3 is 0 Å². The molecule has 1 fully saturated rings. The molecule has 2 aromatic rings. The van der Waals surface area contributed by atoms with Gasteiger partial charge in [-0.15, -0.1) is 6.42 Å². The van der Waals surface area contributed by atoms with Crippen LogP contribution in [0, 0.1) is 19.5 Å². The Morgan fingerprint density at radius 2 is 1.83 bits per heavy atom. The van der Waals surface area contributed by atoms with Gasteiger partial charge < -0.3 is 4.74 Å². The maximum absolute atomic E-state index is 12.7. The zero-order valence-corrected chi connectivity index (χ0v) is 21.9. The lowest BCUT2D eigenvalue weighted by Crippen LogP contribution is -2.33. The summed E-state index contributed by atoms with van der Waals surface area (Å²) in [6, 6.07) is 10.5. The predicted octanol–water partition coefficient (Wildman–Crippen LogP) is 5.59. The minimum Gasteiger partial charge on any atom is -0.479 e. The SMILES string of the molecule is C#CCOc1c(I)cc(/C=C2\SC(=O)N(CC(=O)c3ccc(Br)cc3)C2=O)cc1I. The van der Waals surface area contributed by atoms with Crippen molar-refractivity contribution in [3.05, 3.63) is 64.0 Å². The molecule has 9 heteroatoms. The van der Waals surface area contributed by atoms with Crippen molar-refractivity contribution in [1.82, 2.24) is 4.90 Å². The zero-order chi connectivity index (χ0) is 21.8. The fourth-order valence-corrected chi connectivity index (χ4v) is 5.80. The molecule has 152 valence electrons. The number of amides is 2. The Labute approximate surface area is 213 Å². The van der Waals surface area contributed by atoms with Gasteiger partial charge in [0.2, 0.25) is 0 Å². The number of imide groups is 1. The fraction of sp³-hybridized carbons (Fsp3) is 0.0952. The van der Waals surface area contributed by atoms with Crippen LogP contribution in [0.15, 0.2) is 45.8 Å². The lowest BCUT2D eigenvalue weighted by molar-refractivity contribution is -0.122. The monoisotopic (exact) mass is 707 g/mol. The number of nitrogens with zero attached hydrogens (tertiary/aromatic N) is 1. The Morgan fingerprint density at radius 1 is 1.20 bits per heavy atom. The summed E-state index contributed by atoms with van der Waals surface area (Å²) in [5, 5.41) is -0.463. The van der Waals surface area contributed by atoms with Crippen molar-refractivity contribution in [3.8, 4) is 18.1 Å². The van der Waals surface area contributed by atoms with Gasteiger partial charge in [0.1, 0.15) is 12.4 Å². The first-order chi connectivity index (χ1) is 14.3. The summed E-state index contributed by atoms with van der Waals surface area (Å²) in [6.07, 6.45) is 6.89. The highest BCUT2D eigenvalue weighted by Crippen LogP contribution is 2.35. The number of hydrogen-bond acceptors (Lipinski definition) is 5. The second-order valence-electron chi connectivity index (χ2n) is 6.00. The molecule has 0 aliphatic carbocycles. The minimum atomic E-state index is -0.479. The third-order valence-corrected chi connectivity index (χ3v) is 7.00. The van der Waals surface area contributed by atoms with Gasteiger partial charge in [-0.3, -0.25) is 19.3 Å². The van der Waals surface area contributed by atoms with Crippen LogP contribution in [0.1, 0.15) is 15.9 Å². The van der Waals surface area contributed by atoms with Gasteiger partial charge in [-0.25, -0.2) is 0 Å². The number of thioether (sulfide) groups is 1. The van der Waals surface area contributed by atoms with E-state index in [1.807, 2.05) is 12.1 Å². The van der Waals surface area contributed by atoms with Crippen LogP contribution in [0.4, 0.5) is 4.79 Å². The van der Waals surface area contributed by atoms with E-state index in [2.05, 4.69) is 67.0 Å². The summed E-state index contributed by atoms with van der Waals surface area (Å²) in [4.78, 5) is 38.8. The Morgan fingerprint density at radius 3 is 2.43 bits per heavy atom. The largest absolute Gasteiger partial charge is 0.479 e. The smallest absolute Gasteiger partial charge is 0.293 e. The Kier molecular flexibility index (Phi) is 8.00. The molecule has 0 saturated carbocycles. The van der Waals surface area contributed by atoms with E-state index >= 15 is 0 Å². The Bertz CT molecular complexity index is 1090. The molecule has 1 aliphatic heterocycles. The van der Waals surface area contributed by atoms with E-state index < -0.39 is 11.1 Å². The molecule has 1 aliphatic rings. The van der Waals surface area contributed by atoms with E-state index in [0.29, 0.717) is 11.3 Å². The quantitative estimate of drug-likeness (QED) is 0.170. The van der Waals surface area contributed by atoms with E-state index in [9.17, 15) is 14.4 Å². The number of ether oxygens (including phenoxy) is 1. The molecular weight excluding hydrogens is 696 g/mol. The third kappa shape index (κ3) is 5.46. The number of hydrogen-bond donors (Lipinski definition) is 0. The molecule has 0 aromatic heterocycles. The number of carbonyl (C=O) groups excluding carboxylic acids is 3. The van der Waals surface area contributed by atoms with Crippen molar-refractivity contribution in [2.75, 3.05) is 13.2 Å². The Balaban J connectivity index is 1.78. The van der Waals surface area contributed by atoms with Crippen molar-refractivity contribution >= 4 is 95.9 Å². The molecule has 0 radical (unpaired) electrons.